The summed E-state index contributed by atoms with van der Waals surface area (Å²) in [6, 6.07) is 0. The van der Waals surface area contributed by atoms with E-state index in [0.29, 0.717) is 0 Å². The molecule has 0 radical (unpaired) electrons. The SMILES string of the molecule is [Ni+2].[Ni+2].[Ni+2].[Pt+2]. The van der Waals surface area contributed by atoms with Gasteiger partial charge in [-0.05, 0) is 0 Å². The van der Waals surface area contributed by atoms with E-state index in [0.717, 1.165) is 0 Å². The van der Waals surface area contributed by atoms with Crippen LogP contribution >= 0.6 is 0 Å². The predicted octanol–water partition coefficient (Wildman–Crippen LogP) is -0.0100. The van der Waals surface area contributed by atoms with E-state index in [4.69, 9.17) is 0 Å². The third-order valence-electron chi connectivity index (χ3n) is 0. The van der Waals surface area contributed by atoms with Crippen LogP contribution in [-0.4, -0.2) is 0 Å². The Morgan fingerprint density at radius 2 is 0.500 bits per heavy atom. The molecule has 0 aliphatic heterocycles. The van der Waals surface area contributed by atoms with Crippen molar-refractivity contribution in [3.63, 3.8) is 0 Å². The van der Waals surface area contributed by atoms with Crippen molar-refractivity contribution in [2.24, 2.45) is 0 Å². The van der Waals surface area contributed by atoms with Gasteiger partial charge < -0.3 is 0 Å². The van der Waals surface area contributed by atoms with Crippen LogP contribution in [0.25, 0.3) is 0 Å². The summed E-state index contributed by atoms with van der Waals surface area (Å²) < 4.78 is 0. The Morgan fingerprint density at radius 1 is 0.500 bits per heavy atom. The van der Waals surface area contributed by atoms with Crippen LogP contribution < -0.4 is 0 Å². The van der Waals surface area contributed by atoms with E-state index in [1.165, 1.54) is 0 Å². The van der Waals surface area contributed by atoms with Crippen LogP contribution in [0.1, 0.15) is 0 Å². The average Bonchev–Trinajstić information content (AvgIpc) is 0. The van der Waals surface area contributed by atoms with E-state index in [1.54, 1.807) is 0 Å². The van der Waals surface area contributed by atoms with Crippen molar-refractivity contribution in [1.29, 1.82) is 0 Å². The maximum atomic E-state index is 0. The second-order valence-corrected chi connectivity index (χ2v) is 0. The van der Waals surface area contributed by atoms with Crippen molar-refractivity contribution in [2.45, 2.75) is 0 Å². The Morgan fingerprint density at radius 3 is 0.500 bits per heavy atom. The molecule has 0 spiro atoms. The number of hydrogen-bond acceptors (Lipinski definition) is 0. The zero-order valence-electron chi connectivity index (χ0n) is 1.26. The summed E-state index contributed by atoms with van der Waals surface area (Å²) in [6.45, 7) is 0. The predicted molar refractivity (Wildman–Crippen MR) is 0 cm³/mol. The summed E-state index contributed by atoms with van der Waals surface area (Å²) >= 11 is 0. The molecule has 0 aromatic carbocycles. The molecule has 0 aliphatic rings. The number of hydrogen-bond donors (Lipinski definition) is 0. The summed E-state index contributed by atoms with van der Waals surface area (Å²) in [5.74, 6) is 0. The average molecular weight is 371 g/mol. The quantitative estimate of drug-likeness (QED) is 0.526. The Hall–Kier alpha value is 2.17. The van der Waals surface area contributed by atoms with Gasteiger partial charge in [0.15, 0.2) is 0 Å². The molecule has 32 valence electrons. The molecule has 0 saturated heterocycles. The summed E-state index contributed by atoms with van der Waals surface area (Å²) in [5.41, 5.74) is 0. The smallest absolute Gasteiger partial charge is 2.00 e. The summed E-state index contributed by atoms with van der Waals surface area (Å²) in [4.78, 5) is 0. The molecule has 0 N–H and O–H groups in total. The van der Waals surface area contributed by atoms with E-state index < -0.39 is 0 Å². The first-order valence-electron chi connectivity index (χ1n) is 0. The summed E-state index contributed by atoms with van der Waals surface area (Å²) in [7, 11) is 0. The zero-order valence-corrected chi connectivity index (χ0v) is 6.50. The van der Waals surface area contributed by atoms with Gasteiger partial charge in [0.2, 0.25) is 0 Å². The van der Waals surface area contributed by atoms with Gasteiger partial charge in [-0.2, -0.15) is 0 Å². The molecule has 0 bridgehead atoms. The fourth-order valence-corrected chi connectivity index (χ4v) is 0. The third-order valence-corrected chi connectivity index (χ3v) is 0. The van der Waals surface area contributed by atoms with Crippen LogP contribution in [0.5, 0.6) is 0 Å². The molecule has 0 unspecified atom stereocenters. The molecule has 0 aromatic rings. The van der Waals surface area contributed by atoms with E-state index in [-0.39, 0.29) is 70.5 Å². The topological polar surface area (TPSA) is 0 Å². The van der Waals surface area contributed by atoms with Crippen molar-refractivity contribution in [3.8, 4) is 0 Å². The van der Waals surface area contributed by atoms with E-state index in [9.17, 15) is 0 Å². The first-order valence-corrected chi connectivity index (χ1v) is 0. The van der Waals surface area contributed by atoms with Gasteiger partial charge in [-0.25, -0.2) is 0 Å². The minimum atomic E-state index is 0. The van der Waals surface area contributed by atoms with Gasteiger partial charge in [0.05, 0.1) is 0 Å². The second kappa shape index (κ2) is 19.1. The van der Waals surface area contributed by atoms with Crippen molar-refractivity contribution in [1.82, 2.24) is 0 Å². The molecule has 0 rings (SSSR count). The minimum absolute atomic E-state index is 0. The van der Waals surface area contributed by atoms with E-state index in [2.05, 4.69) is 0 Å². The summed E-state index contributed by atoms with van der Waals surface area (Å²) in [6.07, 6.45) is 0. The van der Waals surface area contributed by atoms with Crippen LogP contribution in [0, 0.1) is 0 Å². The first kappa shape index (κ1) is 35.0. The van der Waals surface area contributed by atoms with Gasteiger partial charge in [0, 0.05) is 0 Å². The normalized spacial score (nSPS) is 0. The largest absolute Gasteiger partial charge is 2.00 e. The molecular weight excluding hydrogens is 371 g/mol. The molecule has 0 atom stereocenters. The molecule has 4 heavy (non-hydrogen) atoms. The molecule has 0 saturated carbocycles. The maximum absolute atomic E-state index is 0. The van der Waals surface area contributed by atoms with Crippen molar-refractivity contribution >= 4 is 0 Å². The molecule has 0 heterocycles. The number of rotatable bonds is 0. The third kappa shape index (κ3) is 8.90. The van der Waals surface area contributed by atoms with Gasteiger partial charge in [-0.1, -0.05) is 0 Å². The van der Waals surface area contributed by atoms with Crippen LogP contribution in [0.15, 0.2) is 0 Å². The zero-order chi connectivity index (χ0) is 0. The van der Waals surface area contributed by atoms with Crippen molar-refractivity contribution < 1.29 is 70.5 Å². The van der Waals surface area contributed by atoms with Gasteiger partial charge in [0.1, 0.15) is 0 Å². The molecule has 0 fully saturated rings. The fraction of sp³-hybridized carbons (Fsp3) is 0. The molecule has 0 nitrogen and oxygen atoms in total. The van der Waals surface area contributed by atoms with E-state index in [1.807, 2.05) is 0 Å². The van der Waals surface area contributed by atoms with Gasteiger partial charge in [-0.15, -0.1) is 0 Å². The molecule has 0 amide bonds. The van der Waals surface area contributed by atoms with Gasteiger partial charge >= 0.3 is 70.5 Å². The van der Waals surface area contributed by atoms with E-state index >= 15 is 0 Å². The Labute approximate surface area is 69.9 Å². The maximum Gasteiger partial charge on any atom is 2.00 e. The van der Waals surface area contributed by atoms with Crippen LogP contribution in [0.2, 0.25) is 0 Å². The van der Waals surface area contributed by atoms with Crippen LogP contribution in [0.4, 0.5) is 0 Å². The minimum Gasteiger partial charge on any atom is 2.00 e. The van der Waals surface area contributed by atoms with Crippen LogP contribution in [-0.2, 0) is 70.5 Å². The monoisotopic (exact) mass is 369 g/mol. The fourth-order valence-electron chi connectivity index (χ4n) is 0. The molecular formula is Ni3Pt+8. The Kier molecular flexibility index (Phi) is 167. The molecule has 4 heteroatoms. The standard InChI is InChI=1S/3Ni.Pt/q4*+2. The van der Waals surface area contributed by atoms with Crippen LogP contribution in [0.3, 0.4) is 0 Å². The van der Waals surface area contributed by atoms with Gasteiger partial charge in [0.25, 0.3) is 0 Å². The first-order chi connectivity index (χ1) is 0. The Bertz CT molecular complexity index is 3.25. The Balaban J connectivity index is 0. The molecule has 0 aliphatic carbocycles. The van der Waals surface area contributed by atoms with Gasteiger partial charge in [-0.3, -0.25) is 0 Å². The molecule has 0 aromatic heterocycles. The van der Waals surface area contributed by atoms with Crippen molar-refractivity contribution in [3.05, 3.63) is 0 Å². The van der Waals surface area contributed by atoms with Crippen molar-refractivity contribution in [2.75, 3.05) is 0 Å². The second-order valence-electron chi connectivity index (χ2n) is 0. The summed E-state index contributed by atoms with van der Waals surface area (Å²) in [5, 5.41) is 0.